The van der Waals surface area contributed by atoms with Crippen molar-refractivity contribution < 1.29 is 4.79 Å². The lowest BCUT2D eigenvalue weighted by Gasteiger charge is -2.12. The van der Waals surface area contributed by atoms with Crippen LogP contribution in [0.25, 0.3) is 16.7 Å². The Morgan fingerprint density at radius 3 is 2.86 bits per heavy atom. The largest absolute Gasteiger partial charge is 0.300 e. The van der Waals surface area contributed by atoms with Crippen LogP contribution in [0, 0.1) is 6.92 Å². The molecule has 9 nitrogen and oxygen atoms in total. The van der Waals surface area contributed by atoms with Crippen LogP contribution in [-0.2, 0) is 4.79 Å². The van der Waals surface area contributed by atoms with Crippen molar-refractivity contribution in [1.82, 2.24) is 29.5 Å². The standard InChI is InChI=1S/C18H15N7O2S2/c1-10-22-23-17(29-10)20-14(26)7-12-9-28-18-21-15-13(16(27)24(12)18)8-19-25(15)11-5-3-2-4-6-11/h2-6,8,12H,7,9H2,1H3,(H,20,23,26)/t12-/m1/s1. The van der Waals surface area contributed by atoms with Crippen molar-refractivity contribution in [3.63, 3.8) is 0 Å². The second kappa shape index (κ2) is 7.08. The number of benzene rings is 1. The van der Waals surface area contributed by atoms with Gasteiger partial charge in [0, 0.05) is 12.2 Å². The molecule has 0 fully saturated rings. The highest BCUT2D eigenvalue weighted by atomic mass is 32.2. The number of carbonyl (C=O) groups is 1. The molecular weight excluding hydrogens is 410 g/mol. The molecule has 0 unspecified atom stereocenters. The van der Waals surface area contributed by atoms with Gasteiger partial charge in [0.25, 0.3) is 5.56 Å². The second-order valence-corrected chi connectivity index (χ2v) is 8.71. The molecule has 0 bridgehead atoms. The summed E-state index contributed by atoms with van der Waals surface area (Å²) in [7, 11) is 0. The topological polar surface area (TPSA) is 108 Å². The van der Waals surface area contributed by atoms with Crippen molar-refractivity contribution in [2.24, 2.45) is 0 Å². The van der Waals surface area contributed by atoms with E-state index < -0.39 is 0 Å². The van der Waals surface area contributed by atoms with Crippen molar-refractivity contribution in [3.8, 4) is 5.69 Å². The summed E-state index contributed by atoms with van der Waals surface area (Å²) in [6.45, 7) is 1.82. The first-order valence-electron chi connectivity index (χ1n) is 8.88. The van der Waals surface area contributed by atoms with E-state index in [1.807, 2.05) is 37.3 Å². The van der Waals surface area contributed by atoms with Crippen LogP contribution in [0.2, 0.25) is 0 Å². The van der Waals surface area contributed by atoms with Crippen LogP contribution in [0.4, 0.5) is 5.13 Å². The number of anilines is 1. The Balaban J connectivity index is 1.46. The van der Waals surface area contributed by atoms with Gasteiger partial charge < -0.3 is 5.32 Å². The zero-order chi connectivity index (χ0) is 20.0. The molecule has 0 aliphatic carbocycles. The third kappa shape index (κ3) is 3.21. The molecule has 1 atom stereocenters. The van der Waals surface area contributed by atoms with Crippen LogP contribution < -0.4 is 10.9 Å². The van der Waals surface area contributed by atoms with Crippen LogP contribution in [0.5, 0.6) is 0 Å². The Morgan fingerprint density at radius 1 is 1.28 bits per heavy atom. The summed E-state index contributed by atoms with van der Waals surface area (Å²) in [5, 5.41) is 17.2. The molecule has 1 aliphatic heterocycles. The maximum atomic E-state index is 13.1. The fourth-order valence-corrected chi connectivity index (χ4v) is 5.01. The quantitative estimate of drug-likeness (QED) is 0.500. The number of nitrogens with one attached hydrogen (secondary N) is 1. The number of hydrogen-bond donors (Lipinski definition) is 1. The minimum Gasteiger partial charge on any atom is -0.300 e. The number of para-hydroxylation sites is 1. The summed E-state index contributed by atoms with van der Waals surface area (Å²) in [6, 6.07) is 9.29. The molecule has 29 heavy (non-hydrogen) atoms. The molecule has 1 amide bonds. The van der Waals surface area contributed by atoms with Crippen molar-refractivity contribution in [3.05, 3.63) is 51.9 Å². The number of thioether (sulfide) groups is 1. The SMILES string of the molecule is Cc1nnc(NC(=O)C[C@@H]2CSc3nc4c(cnn4-c4ccccc4)c(=O)n32)s1. The molecule has 0 radical (unpaired) electrons. The molecule has 4 aromatic rings. The maximum Gasteiger partial charge on any atom is 0.265 e. The van der Waals surface area contributed by atoms with E-state index in [2.05, 4.69) is 25.6 Å². The highest BCUT2D eigenvalue weighted by Gasteiger charge is 2.29. The Bertz CT molecular complexity index is 1280. The van der Waals surface area contributed by atoms with Crippen LogP contribution in [0.1, 0.15) is 17.5 Å². The van der Waals surface area contributed by atoms with Gasteiger partial charge in [0.15, 0.2) is 10.8 Å². The minimum absolute atomic E-state index is 0.165. The van der Waals surface area contributed by atoms with E-state index in [1.165, 1.54) is 29.3 Å². The second-order valence-electron chi connectivity index (χ2n) is 6.54. The highest BCUT2D eigenvalue weighted by molar-refractivity contribution is 7.99. The molecule has 5 rings (SSSR count). The minimum atomic E-state index is -0.270. The van der Waals surface area contributed by atoms with Gasteiger partial charge in [-0.15, -0.1) is 10.2 Å². The van der Waals surface area contributed by atoms with Gasteiger partial charge in [-0.3, -0.25) is 14.2 Å². The monoisotopic (exact) mass is 425 g/mol. The number of aryl methyl sites for hydroxylation is 1. The summed E-state index contributed by atoms with van der Waals surface area (Å²) < 4.78 is 3.27. The number of amides is 1. The molecule has 1 aliphatic rings. The van der Waals surface area contributed by atoms with Gasteiger partial charge in [0.2, 0.25) is 11.0 Å². The third-order valence-corrected chi connectivity index (χ3v) is 6.42. The first-order valence-corrected chi connectivity index (χ1v) is 10.7. The molecule has 0 saturated heterocycles. The van der Waals surface area contributed by atoms with Gasteiger partial charge in [-0.1, -0.05) is 41.3 Å². The Morgan fingerprint density at radius 2 is 2.10 bits per heavy atom. The smallest absolute Gasteiger partial charge is 0.265 e. The van der Waals surface area contributed by atoms with Crippen molar-refractivity contribution >= 4 is 45.2 Å². The Hall–Kier alpha value is -3.05. The summed E-state index contributed by atoms with van der Waals surface area (Å²) in [5.41, 5.74) is 1.18. The van der Waals surface area contributed by atoms with E-state index in [4.69, 9.17) is 0 Å². The number of rotatable bonds is 4. The molecule has 11 heteroatoms. The Kier molecular flexibility index (Phi) is 4.40. The first kappa shape index (κ1) is 18.0. The lowest BCUT2D eigenvalue weighted by atomic mass is 10.2. The molecule has 1 N–H and O–H groups in total. The molecule has 0 spiro atoms. The lowest BCUT2D eigenvalue weighted by Crippen LogP contribution is -2.27. The van der Waals surface area contributed by atoms with Gasteiger partial charge >= 0.3 is 0 Å². The van der Waals surface area contributed by atoms with Gasteiger partial charge in [-0.25, -0.2) is 9.67 Å². The number of hydrogen-bond acceptors (Lipinski definition) is 8. The zero-order valence-electron chi connectivity index (χ0n) is 15.3. The van der Waals surface area contributed by atoms with Crippen LogP contribution >= 0.6 is 23.1 Å². The molecule has 3 aromatic heterocycles. The highest BCUT2D eigenvalue weighted by Crippen LogP contribution is 2.33. The predicted octanol–water partition coefficient (Wildman–Crippen LogP) is 2.42. The van der Waals surface area contributed by atoms with Gasteiger partial charge in [-0.2, -0.15) is 5.10 Å². The number of fused-ring (bicyclic) bond motifs is 2. The lowest BCUT2D eigenvalue weighted by molar-refractivity contribution is -0.116. The fourth-order valence-electron chi connectivity index (χ4n) is 3.27. The Labute approximate surface area is 172 Å². The first-order chi connectivity index (χ1) is 14.1. The van der Waals surface area contributed by atoms with E-state index in [1.54, 1.807) is 9.25 Å². The maximum absolute atomic E-state index is 13.1. The van der Waals surface area contributed by atoms with E-state index in [0.29, 0.717) is 27.1 Å². The van der Waals surface area contributed by atoms with Crippen molar-refractivity contribution in [1.29, 1.82) is 0 Å². The molecule has 1 aromatic carbocycles. The van der Waals surface area contributed by atoms with Crippen LogP contribution in [0.3, 0.4) is 0 Å². The van der Waals surface area contributed by atoms with Crippen LogP contribution in [0.15, 0.2) is 46.5 Å². The van der Waals surface area contributed by atoms with E-state index in [0.717, 1.165) is 10.7 Å². The average Bonchev–Trinajstić information content (AvgIpc) is 3.42. The van der Waals surface area contributed by atoms with Crippen molar-refractivity contribution in [2.45, 2.75) is 24.5 Å². The summed E-state index contributed by atoms with van der Waals surface area (Å²) >= 11 is 2.78. The fraction of sp³-hybridized carbons (Fsp3) is 0.222. The predicted molar refractivity (Wildman–Crippen MR) is 111 cm³/mol. The molecule has 146 valence electrons. The number of nitrogens with zero attached hydrogens (tertiary/aromatic N) is 6. The van der Waals surface area contributed by atoms with Gasteiger partial charge in [-0.05, 0) is 19.1 Å². The van der Waals surface area contributed by atoms with Crippen molar-refractivity contribution in [2.75, 3.05) is 11.1 Å². The van der Waals surface area contributed by atoms with E-state index in [-0.39, 0.29) is 23.9 Å². The van der Waals surface area contributed by atoms with Crippen LogP contribution in [-0.4, -0.2) is 41.2 Å². The van der Waals surface area contributed by atoms with E-state index in [9.17, 15) is 9.59 Å². The summed E-state index contributed by atoms with van der Waals surface area (Å²) in [5.74, 6) is 0.405. The van der Waals surface area contributed by atoms with Gasteiger partial charge in [0.1, 0.15) is 10.4 Å². The third-order valence-electron chi connectivity index (χ3n) is 4.56. The number of aromatic nitrogens is 6. The number of carbonyl (C=O) groups excluding carboxylic acids is 1. The summed E-state index contributed by atoms with van der Waals surface area (Å²) in [4.78, 5) is 30.2. The zero-order valence-corrected chi connectivity index (χ0v) is 16.9. The average molecular weight is 425 g/mol. The molecule has 4 heterocycles. The van der Waals surface area contributed by atoms with E-state index >= 15 is 0 Å². The molecule has 0 saturated carbocycles. The molecular formula is C18H15N7O2S2. The normalized spacial score (nSPS) is 15.6. The summed E-state index contributed by atoms with van der Waals surface area (Å²) in [6.07, 6.45) is 1.70. The van der Waals surface area contributed by atoms with Gasteiger partial charge in [0.05, 0.1) is 17.9 Å².